The van der Waals surface area contributed by atoms with Crippen LogP contribution in [0, 0.1) is 11.8 Å². The molecule has 6 N–H and O–H groups in total. The van der Waals surface area contributed by atoms with Crippen molar-refractivity contribution in [3.8, 4) is 28.7 Å². The number of aliphatic hydroxyl groups excluding tert-OH is 1. The van der Waals surface area contributed by atoms with Crippen LogP contribution < -0.4 is 15.2 Å². The molecular weight excluding hydrogens is 522 g/mol. The lowest BCUT2D eigenvalue weighted by molar-refractivity contribution is -0.121. The van der Waals surface area contributed by atoms with Gasteiger partial charge < -0.3 is 29.9 Å². The highest BCUT2D eigenvalue weighted by Gasteiger charge is 2.45. The first-order valence-corrected chi connectivity index (χ1v) is 14.0. The molecule has 0 spiro atoms. The van der Waals surface area contributed by atoms with Gasteiger partial charge in [-0.05, 0) is 66.0 Å². The summed E-state index contributed by atoms with van der Waals surface area (Å²) in [5, 5.41) is 42.6. The molecule has 41 heavy (non-hydrogen) atoms. The van der Waals surface area contributed by atoms with Crippen LogP contribution in [0.2, 0.25) is 0 Å². The van der Waals surface area contributed by atoms with Gasteiger partial charge in [0.05, 0.1) is 13.2 Å². The minimum atomic E-state index is -0.940. The first kappa shape index (κ1) is 28.5. The first-order chi connectivity index (χ1) is 19.8. The Morgan fingerprint density at radius 2 is 1.80 bits per heavy atom. The lowest BCUT2D eigenvalue weighted by atomic mass is 9.65. The van der Waals surface area contributed by atoms with Gasteiger partial charge in [0.1, 0.15) is 12.5 Å². The Balaban J connectivity index is 1.39. The largest absolute Gasteiger partial charge is 0.504 e. The number of aliphatic hydroxyl groups is 1. The molecule has 8 nitrogen and oxygen atoms in total. The molecule has 6 rings (SSSR count). The Hall–Kier alpha value is -4.01. The van der Waals surface area contributed by atoms with Crippen LogP contribution in [0.15, 0.2) is 66.7 Å². The second kappa shape index (κ2) is 12.2. The van der Waals surface area contributed by atoms with E-state index in [-0.39, 0.29) is 77.8 Å². The maximum atomic E-state index is 13.1. The smallest absolute Gasteiger partial charge is 0.200 e. The van der Waals surface area contributed by atoms with E-state index in [0.29, 0.717) is 6.42 Å². The number of benzene rings is 3. The monoisotopic (exact) mass is 559 g/mol. The van der Waals surface area contributed by atoms with Crippen LogP contribution in [0.3, 0.4) is 0 Å². The first-order valence-electron chi connectivity index (χ1n) is 14.0. The maximum Gasteiger partial charge on any atom is 0.200 e. The fourth-order valence-electron chi connectivity index (χ4n) is 6.63. The number of phenolic OH excluding ortho intramolecular Hbond substituents is 3. The third-order valence-corrected chi connectivity index (χ3v) is 8.46. The Bertz CT molecular complexity index is 1420. The van der Waals surface area contributed by atoms with E-state index in [1.807, 2.05) is 24.3 Å². The normalized spacial score (nSPS) is 21.6. The standard InChI is InChI=1S/C33H37NO7/c1-40-33-31-21-9-11-24(27(37)16-23(35)10-7-20-8-12-26(36)29(14-20)41-18-34)30(25(31)17-28(38)32(33)39)22(15-21)13-19-5-3-2-4-6-19/h2-6,8-9,11-12,14,17,21-22,24,27,30,36-39H,7,10,13,15-16,18,34H2,1H3/t21-,22+,24-,27-,30-/m0/s1. The number of hydrogen-bond acceptors (Lipinski definition) is 8. The SMILES string of the molecule is COc1c(O)c(O)cc2c1[C@H]1C=C[C@@H]([C@@H](O)CC(=O)CCc3ccc(O)c(OCN)c3)[C@@H]2[C@H](Cc2ccccc2)C1. The summed E-state index contributed by atoms with van der Waals surface area (Å²) in [4.78, 5) is 13.1. The second-order valence-corrected chi connectivity index (χ2v) is 11.0. The Morgan fingerprint density at radius 1 is 1.02 bits per heavy atom. The van der Waals surface area contributed by atoms with Crippen LogP contribution in [-0.2, 0) is 17.6 Å². The van der Waals surface area contributed by atoms with Crippen molar-refractivity contribution in [3.63, 3.8) is 0 Å². The van der Waals surface area contributed by atoms with Crippen LogP contribution in [0.25, 0.3) is 0 Å². The molecule has 0 amide bonds. The number of phenols is 3. The average Bonchev–Trinajstić information content (AvgIpc) is 3.23. The number of ketones is 1. The van der Waals surface area contributed by atoms with Gasteiger partial charge in [-0.2, -0.15) is 0 Å². The molecule has 0 aliphatic heterocycles. The molecule has 0 aromatic heterocycles. The summed E-state index contributed by atoms with van der Waals surface area (Å²) < 4.78 is 10.8. The topological polar surface area (TPSA) is 142 Å². The molecule has 0 saturated heterocycles. The number of aryl methyl sites for hydroxylation is 1. The molecule has 3 aliphatic carbocycles. The number of fused-ring (bicyclic) bond motifs is 2. The highest BCUT2D eigenvalue weighted by Crippen LogP contribution is 2.57. The van der Waals surface area contributed by atoms with Crippen LogP contribution in [-0.4, -0.2) is 46.2 Å². The van der Waals surface area contributed by atoms with Crippen molar-refractivity contribution in [2.24, 2.45) is 17.6 Å². The number of allylic oxidation sites excluding steroid dienone is 1. The van der Waals surface area contributed by atoms with Gasteiger partial charge in [-0.15, -0.1) is 0 Å². The minimum Gasteiger partial charge on any atom is -0.504 e. The highest BCUT2D eigenvalue weighted by molar-refractivity contribution is 5.79. The van der Waals surface area contributed by atoms with E-state index in [0.717, 1.165) is 29.5 Å². The van der Waals surface area contributed by atoms with Crippen molar-refractivity contribution >= 4 is 5.78 Å². The predicted molar refractivity (Wildman–Crippen MR) is 154 cm³/mol. The van der Waals surface area contributed by atoms with E-state index in [1.165, 1.54) is 18.7 Å². The van der Waals surface area contributed by atoms with Crippen molar-refractivity contribution in [2.45, 2.75) is 50.0 Å². The van der Waals surface area contributed by atoms with E-state index < -0.39 is 6.10 Å². The van der Waals surface area contributed by atoms with E-state index in [1.54, 1.807) is 18.2 Å². The van der Waals surface area contributed by atoms with E-state index in [2.05, 4.69) is 18.2 Å². The summed E-state index contributed by atoms with van der Waals surface area (Å²) in [5.74, 6) is -0.614. The number of nitrogens with two attached hydrogens (primary N) is 1. The molecule has 3 aromatic rings. The zero-order valence-electron chi connectivity index (χ0n) is 23.1. The predicted octanol–water partition coefficient (Wildman–Crippen LogP) is 4.68. The lowest BCUT2D eigenvalue weighted by Gasteiger charge is -2.40. The van der Waals surface area contributed by atoms with Gasteiger partial charge in [0.25, 0.3) is 0 Å². The molecule has 3 aromatic carbocycles. The van der Waals surface area contributed by atoms with Crippen molar-refractivity contribution in [2.75, 3.05) is 13.8 Å². The van der Waals surface area contributed by atoms with Gasteiger partial charge >= 0.3 is 0 Å². The third kappa shape index (κ3) is 5.89. The highest BCUT2D eigenvalue weighted by atomic mass is 16.5. The Kier molecular flexibility index (Phi) is 8.52. The summed E-state index contributed by atoms with van der Waals surface area (Å²) in [6, 6.07) is 16.7. The molecule has 216 valence electrons. The fourth-order valence-corrected chi connectivity index (χ4v) is 6.63. The van der Waals surface area contributed by atoms with Crippen molar-refractivity contribution in [1.82, 2.24) is 0 Å². The number of Topliss-reactive ketones (excluding diaryl/α,β-unsaturated/α-hetero) is 1. The molecule has 0 radical (unpaired) electrons. The number of aromatic hydroxyl groups is 3. The van der Waals surface area contributed by atoms with Crippen molar-refractivity contribution < 1.29 is 34.7 Å². The van der Waals surface area contributed by atoms with Crippen LogP contribution in [0.4, 0.5) is 0 Å². The molecule has 8 heteroatoms. The second-order valence-electron chi connectivity index (χ2n) is 11.0. The number of methoxy groups -OCH3 is 1. The lowest BCUT2D eigenvalue weighted by Crippen LogP contribution is -2.34. The molecule has 0 unspecified atom stereocenters. The minimum absolute atomic E-state index is 0.0164. The van der Waals surface area contributed by atoms with Gasteiger partial charge in [0.2, 0.25) is 5.75 Å². The number of hydrogen-bond donors (Lipinski definition) is 5. The summed E-state index contributed by atoms with van der Waals surface area (Å²) in [6.45, 7) is -0.0727. The number of ether oxygens (including phenoxy) is 2. The van der Waals surface area contributed by atoms with E-state index in [9.17, 15) is 25.2 Å². The molecule has 0 saturated carbocycles. The van der Waals surface area contributed by atoms with E-state index in [4.69, 9.17) is 15.2 Å². The quantitative estimate of drug-likeness (QED) is 0.130. The molecule has 5 atom stereocenters. The van der Waals surface area contributed by atoms with Crippen molar-refractivity contribution in [1.29, 1.82) is 0 Å². The van der Waals surface area contributed by atoms with Crippen LogP contribution >= 0.6 is 0 Å². The molecule has 0 heterocycles. The molecule has 3 aliphatic rings. The zero-order valence-corrected chi connectivity index (χ0v) is 23.1. The third-order valence-electron chi connectivity index (χ3n) is 8.46. The van der Waals surface area contributed by atoms with E-state index >= 15 is 0 Å². The number of carbonyl (C=O) groups excluding carboxylic acids is 1. The maximum absolute atomic E-state index is 13.1. The summed E-state index contributed by atoms with van der Waals surface area (Å²) in [7, 11) is 1.47. The van der Waals surface area contributed by atoms with Gasteiger partial charge in [0, 0.05) is 30.2 Å². The van der Waals surface area contributed by atoms with Gasteiger partial charge in [-0.1, -0.05) is 48.6 Å². The summed E-state index contributed by atoms with van der Waals surface area (Å²) in [6.07, 6.45) is 5.31. The summed E-state index contributed by atoms with van der Waals surface area (Å²) >= 11 is 0. The van der Waals surface area contributed by atoms with Crippen LogP contribution in [0.5, 0.6) is 28.7 Å². The molecule has 0 fully saturated rings. The van der Waals surface area contributed by atoms with Crippen LogP contribution in [0.1, 0.15) is 53.4 Å². The van der Waals surface area contributed by atoms with Gasteiger partial charge in [0.15, 0.2) is 23.0 Å². The number of carbonyl (C=O) groups is 1. The van der Waals surface area contributed by atoms with Gasteiger partial charge in [-0.3, -0.25) is 10.5 Å². The Morgan fingerprint density at radius 3 is 2.54 bits per heavy atom. The van der Waals surface area contributed by atoms with Crippen molar-refractivity contribution in [3.05, 3.63) is 89.0 Å². The van der Waals surface area contributed by atoms with Gasteiger partial charge in [-0.25, -0.2) is 0 Å². The Labute approximate surface area is 239 Å². The fraction of sp³-hybridized carbons (Fsp3) is 0.364. The average molecular weight is 560 g/mol. The number of rotatable bonds is 11. The molecular formula is C33H37NO7. The zero-order chi connectivity index (χ0) is 29.1. The summed E-state index contributed by atoms with van der Waals surface area (Å²) in [5.41, 5.74) is 9.09. The molecule has 2 bridgehead atoms.